The van der Waals surface area contributed by atoms with Crippen LogP contribution in [-0.2, 0) is 0 Å². The van der Waals surface area contributed by atoms with Gasteiger partial charge in [-0.05, 0) is 32.0 Å². The number of aromatic nitrogens is 2. The molecule has 3 aromatic rings. The Morgan fingerprint density at radius 3 is 2.57 bits per heavy atom. The minimum Gasteiger partial charge on any atom is -0.508 e. The Balaban J connectivity index is 2.39. The monoisotopic (exact) mass is 286 g/mol. The van der Waals surface area contributed by atoms with E-state index in [9.17, 15) is 14.6 Å². The highest BCUT2D eigenvalue weighted by molar-refractivity contribution is 5.95. The third-order valence-electron chi connectivity index (χ3n) is 3.40. The molecule has 0 radical (unpaired) electrons. The quantitative estimate of drug-likeness (QED) is 0.752. The van der Waals surface area contributed by atoms with Gasteiger partial charge in [-0.25, -0.2) is 4.39 Å². The summed E-state index contributed by atoms with van der Waals surface area (Å²) in [7, 11) is 0. The molecule has 0 atom stereocenters. The molecular formula is C16H15FN2O2. The Bertz CT molecular complexity index is 825. The number of fused-ring (bicyclic) bond motifs is 1. The molecule has 0 spiro atoms. The fraction of sp³-hybridized carbons (Fsp3) is 0.188. The van der Waals surface area contributed by atoms with Gasteiger partial charge in [-0.15, -0.1) is 0 Å². The number of rotatable bonds is 2. The summed E-state index contributed by atoms with van der Waals surface area (Å²) in [5.41, 5.74) is 1.42. The third kappa shape index (κ3) is 2.11. The summed E-state index contributed by atoms with van der Waals surface area (Å²) in [6.45, 7) is 3.87. The van der Waals surface area contributed by atoms with Gasteiger partial charge in [-0.3, -0.25) is 4.68 Å². The van der Waals surface area contributed by atoms with E-state index >= 15 is 0 Å². The zero-order valence-corrected chi connectivity index (χ0v) is 11.7. The van der Waals surface area contributed by atoms with E-state index in [1.807, 2.05) is 13.8 Å². The number of phenolic OH excluding ortho intramolecular Hbond substituents is 2. The summed E-state index contributed by atoms with van der Waals surface area (Å²) >= 11 is 0. The van der Waals surface area contributed by atoms with E-state index < -0.39 is 5.82 Å². The van der Waals surface area contributed by atoms with Crippen molar-refractivity contribution in [1.82, 2.24) is 9.78 Å². The first kappa shape index (κ1) is 13.4. The zero-order chi connectivity index (χ0) is 15.1. The van der Waals surface area contributed by atoms with Gasteiger partial charge in [0, 0.05) is 23.1 Å². The van der Waals surface area contributed by atoms with E-state index in [1.165, 1.54) is 18.2 Å². The number of aromatic hydroxyl groups is 2. The topological polar surface area (TPSA) is 58.3 Å². The Morgan fingerprint density at radius 1 is 1.14 bits per heavy atom. The first-order valence-electron chi connectivity index (χ1n) is 6.68. The van der Waals surface area contributed by atoms with Crippen LogP contribution >= 0.6 is 0 Å². The molecule has 0 saturated heterocycles. The summed E-state index contributed by atoms with van der Waals surface area (Å²) in [6.07, 6.45) is 0. The Morgan fingerprint density at radius 2 is 1.90 bits per heavy atom. The Kier molecular flexibility index (Phi) is 3.05. The first-order valence-corrected chi connectivity index (χ1v) is 6.68. The van der Waals surface area contributed by atoms with Crippen molar-refractivity contribution in [3.8, 4) is 22.8 Å². The van der Waals surface area contributed by atoms with Crippen LogP contribution in [0.4, 0.5) is 4.39 Å². The molecule has 2 aromatic carbocycles. The van der Waals surface area contributed by atoms with Crippen molar-refractivity contribution in [1.29, 1.82) is 0 Å². The second-order valence-electron chi connectivity index (χ2n) is 5.22. The number of phenols is 2. The van der Waals surface area contributed by atoms with Gasteiger partial charge in [0.2, 0.25) is 0 Å². The van der Waals surface area contributed by atoms with Crippen LogP contribution in [0.2, 0.25) is 0 Å². The molecule has 21 heavy (non-hydrogen) atoms. The SMILES string of the molecule is CC(C)n1nc2c(F)cccc2c1-c1ccc(O)cc1O. The van der Waals surface area contributed by atoms with Crippen LogP contribution in [0.3, 0.4) is 0 Å². The molecule has 1 heterocycles. The highest BCUT2D eigenvalue weighted by Gasteiger charge is 2.19. The van der Waals surface area contributed by atoms with Gasteiger partial charge in [0.25, 0.3) is 0 Å². The first-order chi connectivity index (χ1) is 9.99. The molecule has 5 heteroatoms. The van der Waals surface area contributed by atoms with Gasteiger partial charge in [-0.1, -0.05) is 12.1 Å². The van der Waals surface area contributed by atoms with E-state index in [0.717, 1.165) is 0 Å². The molecule has 2 N–H and O–H groups in total. The standard InChI is InChI=1S/C16H15FN2O2/c1-9(2)19-16(11-7-6-10(20)8-14(11)21)12-4-3-5-13(17)15(12)18-19/h3-9,20-21H,1-2H3. The number of hydrogen-bond acceptors (Lipinski definition) is 3. The summed E-state index contributed by atoms with van der Waals surface area (Å²) < 4.78 is 15.6. The summed E-state index contributed by atoms with van der Waals surface area (Å²) in [5.74, 6) is -0.489. The highest BCUT2D eigenvalue weighted by Crippen LogP contribution is 2.38. The van der Waals surface area contributed by atoms with Gasteiger partial charge in [0.1, 0.15) is 17.0 Å². The number of halogens is 1. The van der Waals surface area contributed by atoms with E-state index in [0.29, 0.717) is 16.6 Å². The molecule has 108 valence electrons. The Labute approximate surface area is 121 Å². The molecule has 0 amide bonds. The molecular weight excluding hydrogens is 271 g/mol. The average Bonchev–Trinajstić information content (AvgIpc) is 2.80. The maximum absolute atomic E-state index is 13.9. The van der Waals surface area contributed by atoms with Crippen molar-refractivity contribution in [2.24, 2.45) is 0 Å². The molecule has 0 aliphatic rings. The summed E-state index contributed by atoms with van der Waals surface area (Å²) in [4.78, 5) is 0. The van der Waals surface area contributed by atoms with Crippen molar-refractivity contribution in [3.05, 3.63) is 42.2 Å². The van der Waals surface area contributed by atoms with Crippen LogP contribution in [0.1, 0.15) is 19.9 Å². The average molecular weight is 286 g/mol. The fourth-order valence-corrected chi connectivity index (χ4v) is 2.45. The lowest BCUT2D eigenvalue weighted by Crippen LogP contribution is -2.04. The van der Waals surface area contributed by atoms with Crippen molar-refractivity contribution in [2.75, 3.05) is 0 Å². The van der Waals surface area contributed by atoms with Crippen molar-refractivity contribution in [2.45, 2.75) is 19.9 Å². The van der Waals surface area contributed by atoms with E-state index in [4.69, 9.17) is 0 Å². The second kappa shape index (κ2) is 4.77. The molecule has 4 nitrogen and oxygen atoms in total. The molecule has 0 aliphatic carbocycles. The second-order valence-corrected chi connectivity index (χ2v) is 5.22. The molecule has 0 bridgehead atoms. The number of benzene rings is 2. The smallest absolute Gasteiger partial charge is 0.151 e. The van der Waals surface area contributed by atoms with Crippen LogP contribution in [-0.4, -0.2) is 20.0 Å². The number of nitrogens with zero attached hydrogens (tertiary/aromatic N) is 2. The van der Waals surface area contributed by atoms with Crippen LogP contribution in [0, 0.1) is 5.82 Å². The molecule has 0 aliphatic heterocycles. The van der Waals surface area contributed by atoms with Crippen molar-refractivity contribution in [3.63, 3.8) is 0 Å². The van der Waals surface area contributed by atoms with Crippen LogP contribution < -0.4 is 0 Å². The predicted molar refractivity (Wildman–Crippen MR) is 78.8 cm³/mol. The van der Waals surface area contributed by atoms with Crippen molar-refractivity contribution < 1.29 is 14.6 Å². The fourth-order valence-electron chi connectivity index (χ4n) is 2.45. The maximum Gasteiger partial charge on any atom is 0.151 e. The van der Waals surface area contributed by atoms with E-state index in [1.54, 1.807) is 22.9 Å². The summed E-state index contributed by atoms with van der Waals surface area (Å²) in [6, 6.07) is 9.10. The minimum absolute atomic E-state index is 0.00000283. The molecule has 0 unspecified atom stereocenters. The molecule has 1 aromatic heterocycles. The summed E-state index contributed by atoms with van der Waals surface area (Å²) in [5, 5.41) is 24.5. The van der Waals surface area contributed by atoms with Gasteiger partial charge in [0.05, 0.1) is 5.69 Å². The zero-order valence-electron chi connectivity index (χ0n) is 11.7. The normalized spacial score (nSPS) is 11.4. The van der Waals surface area contributed by atoms with Crippen LogP contribution in [0.15, 0.2) is 36.4 Å². The largest absolute Gasteiger partial charge is 0.508 e. The van der Waals surface area contributed by atoms with Crippen LogP contribution in [0.5, 0.6) is 11.5 Å². The predicted octanol–water partition coefficient (Wildman–Crippen LogP) is 3.83. The number of hydrogen-bond donors (Lipinski definition) is 2. The van der Waals surface area contributed by atoms with Gasteiger partial charge in [-0.2, -0.15) is 5.10 Å². The minimum atomic E-state index is -0.397. The molecule has 3 rings (SSSR count). The van der Waals surface area contributed by atoms with Gasteiger partial charge >= 0.3 is 0 Å². The van der Waals surface area contributed by atoms with E-state index in [2.05, 4.69) is 5.10 Å². The van der Waals surface area contributed by atoms with Gasteiger partial charge in [0.15, 0.2) is 5.82 Å². The third-order valence-corrected chi connectivity index (χ3v) is 3.40. The molecule has 0 fully saturated rings. The lowest BCUT2D eigenvalue weighted by atomic mass is 10.1. The van der Waals surface area contributed by atoms with Crippen LogP contribution in [0.25, 0.3) is 22.2 Å². The molecule has 0 saturated carbocycles. The van der Waals surface area contributed by atoms with Gasteiger partial charge < -0.3 is 10.2 Å². The van der Waals surface area contributed by atoms with E-state index in [-0.39, 0.29) is 23.1 Å². The Hall–Kier alpha value is -2.56. The lowest BCUT2D eigenvalue weighted by Gasteiger charge is -2.12. The maximum atomic E-state index is 13.9. The highest BCUT2D eigenvalue weighted by atomic mass is 19.1. The lowest BCUT2D eigenvalue weighted by molar-refractivity contribution is 0.451. The van der Waals surface area contributed by atoms with Crippen molar-refractivity contribution >= 4 is 10.9 Å².